The van der Waals surface area contributed by atoms with E-state index in [2.05, 4.69) is 39.6 Å². The minimum atomic E-state index is -0.294. The van der Waals surface area contributed by atoms with Gasteiger partial charge in [-0.25, -0.2) is 19.3 Å². The van der Waals surface area contributed by atoms with Gasteiger partial charge in [-0.1, -0.05) is 30.3 Å². The van der Waals surface area contributed by atoms with Gasteiger partial charge >= 0.3 is 0 Å². The molecule has 0 saturated heterocycles. The third-order valence-electron chi connectivity index (χ3n) is 5.44. The summed E-state index contributed by atoms with van der Waals surface area (Å²) in [4.78, 5) is 14.0. The highest BCUT2D eigenvalue weighted by atomic mass is 19.1. The van der Waals surface area contributed by atoms with Crippen molar-refractivity contribution in [2.45, 2.75) is 19.9 Å². The SMILES string of the molecule is Cc1n[nH]c2nc(-c3ccc(F)cc3)c(-c3ccnc(N[C@@H](C)c4ccccc4)n3)cc12. The van der Waals surface area contributed by atoms with Crippen molar-refractivity contribution in [1.29, 1.82) is 0 Å². The molecular formula is C25H21FN6. The number of aromatic nitrogens is 5. The summed E-state index contributed by atoms with van der Waals surface area (Å²) in [5, 5.41) is 11.5. The van der Waals surface area contributed by atoms with E-state index in [4.69, 9.17) is 9.97 Å². The van der Waals surface area contributed by atoms with Crippen molar-refractivity contribution in [2.75, 3.05) is 5.32 Å². The molecule has 0 amide bonds. The molecule has 32 heavy (non-hydrogen) atoms. The fourth-order valence-electron chi connectivity index (χ4n) is 3.69. The number of halogens is 1. The number of hydrogen-bond acceptors (Lipinski definition) is 5. The van der Waals surface area contributed by atoms with E-state index in [9.17, 15) is 4.39 Å². The van der Waals surface area contributed by atoms with Crippen molar-refractivity contribution >= 4 is 17.0 Å². The Morgan fingerprint density at radius 2 is 1.75 bits per heavy atom. The summed E-state index contributed by atoms with van der Waals surface area (Å²) in [5.74, 6) is 0.227. The molecule has 0 fully saturated rings. The molecule has 7 heteroatoms. The van der Waals surface area contributed by atoms with Crippen molar-refractivity contribution in [3.8, 4) is 22.5 Å². The summed E-state index contributed by atoms with van der Waals surface area (Å²) in [6, 6.07) is 20.3. The Kier molecular flexibility index (Phi) is 5.07. The fourth-order valence-corrected chi connectivity index (χ4v) is 3.69. The van der Waals surface area contributed by atoms with Gasteiger partial charge < -0.3 is 5.32 Å². The van der Waals surface area contributed by atoms with Crippen molar-refractivity contribution in [3.05, 3.63) is 90.0 Å². The van der Waals surface area contributed by atoms with Crippen molar-refractivity contribution in [1.82, 2.24) is 25.1 Å². The topological polar surface area (TPSA) is 79.4 Å². The summed E-state index contributed by atoms with van der Waals surface area (Å²) in [6.07, 6.45) is 1.73. The van der Waals surface area contributed by atoms with Gasteiger partial charge in [0.2, 0.25) is 5.95 Å². The van der Waals surface area contributed by atoms with E-state index in [0.29, 0.717) is 17.3 Å². The molecule has 158 valence electrons. The lowest BCUT2D eigenvalue weighted by Gasteiger charge is -2.15. The first-order chi connectivity index (χ1) is 15.6. The van der Waals surface area contributed by atoms with Gasteiger partial charge in [-0.3, -0.25) is 5.10 Å². The first-order valence-electron chi connectivity index (χ1n) is 10.3. The van der Waals surface area contributed by atoms with E-state index in [1.807, 2.05) is 37.3 Å². The minimum Gasteiger partial charge on any atom is -0.348 e. The largest absolute Gasteiger partial charge is 0.348 e. The Bertz CT molecular complexity index is 1380. The molecular weight excluding hydrogens is 403 g/mol. The van der Waals surface area contributed by atoms with E-state index in [1.54, 1.807) is 18.3 Å². The average Bonchev–Trinajstić information content (AvgIpc) is 3.19. The zero-order valence-corrected chi connectivity index (χ0v) is 17.7. The number of aryl methyl sites for hydroxylation is 1. The van der Waals surface area contributed by atoms with Crippen molar-refractivity contribution in [3.63, 3.8) is 0 Å². The molecule has 0 aliphatic carbocycles. The van der Waals surface area contributed by atoms with Crippen LogP contribution >= 0.6 is 0 Å². The number of anilines is 1. The first kappa shape index (κ1) is 19.8. The lowest BCUT2D eigenvalue weighted by Crippen LogP contribution is -2.09. The van der Waals surface area contributed by atoms with Gasteiger partial charge in [-0.15, -0.1) is 0 Å². The van der Waals surface area contributed by atoms with Gasteiger partial charge in [0.1, 0.15) is 5.82 Å². The summed E-state index contributed by atoms with van der Waals surface area (Å²) in [6.45, 7) is 3.99. The highest BCUT2D eigenvalue weighted by molar-refractivity contribution is 5.90. The van der Waals surface area contributed by atoms with Crippen LogP contribution in [0, 0.1) is 12.7 Å². The number of nitrogens with zero attached hydrogens (tertiary/aromatic N) is 4. The van der Waals surface area contributed by atoms with Gasteiger partial charge in [0.15, 0.2) is 5.65 Å². The van der Waals surface area contributed by atoms with Crippen LogP contribution < -0.4 is 5.32 Å². The number of H-pyrrole nitrogens is 1. The zero-order chi connectivity index (χ0) is 22.1. The average molecular weight is 424 g/mol. The van der Waals surface area contributed by atoms with Gasteiger partial charge in [-0.2, -0.15) is 5.10 Å². The van der Waals surface area contributed by atoms with Crippen LogP contribution in [0.2, 0.25) is 0 Å². The van der Waals surface area contributed by atoms with E-state index < -0.39 is 0 Å². The number of pyridine rings is 1. The van der Waals surface area contributed by atoms with E-state index in [0.717, 1.165) is 33.5 Å². The molecule has 0 radical (unpaired) electrons. The molecule has 0 bridgehead atoms. The second kappa shape index (κ2) is 8.19. The summed E-state index contributed by atoms with van der Waals surface area (Å²) in [5.41, 5.74) is 5.71. The molecule has 0 saturated carbocycles. The normalized spacial score (nSPS) is 12.1. The van der Waals surface area contributed by atoms with Gasteiger partial charge in [0.05, 0.1) is 23.1 Å². The van der Waals surface area contributed by atoms with E-state index in [1.165, 1.54) is 12.1 Å². The number of nitrogens with one attached hydrogen (secondary N) is 2. The maximum absolute atomic E-state index is 13.5. The second-order valence-corrected chi connectivity index (χ2v) is 7.64. The van der Waals surface area contributed by atoms with Crippen LogP contribution in [0.15, 0.2) is 72.9 Å². The first-order valence-corrected chi connectivity index (χ1v) is 10.3. The Morgan fingerprint density at radius 3 is 2.53 bits per heavy atom. The number of benzene rings is 2. The quantitative estimate of drug-likeness (QED) is 0.378. The lowest BCUT2D eigenvalue weighted by molar-refractivity contribution is 0.628. The fraction of sp³-hybridized carbons (Fsp3) is 0.120. The van der Waals surface area contributed by atoms with Crippen LogP contribution in [0.1, 0.15) is 24.2 Å². The zero-order valence-electron chi connectivity index (χ0n) is 17.7. The highest BCUT2D eigenvalue weighted by Gasteiger charge is 2.16. The van der Waals surface area contributed by atoms with E-state index in [-0.39, 0.29) is 11.9 Å². The second-order valence-electron chi connectivity index (χ2n) is 7.64. The maximum atomic E-state index is 13.5. The van der Waals surface area contributed by atoms with Crippen molar-refractivity contribution < 1.29 is 4.39 Å². The standard InChI is InChI=1S/C25H21FN6/c1-15(17-6-4-3-5-7-17)28-25-27-13-12-22(29-25)21-14-20-16(2)31-32-24(20)30-23(21)18-8-10-19(26)11-9-18/h3-15H,1-2H3,(H,27,28,29)(H,30,31,32)/t15-/m0/s1. The highest BCUT2D eigenvalue weighted by Crippen LogP contribution is 2.33. The Morgan fingerprint density at radius 1 is 0.969 bits per heavy atom. The molecule has 3 heterocycles. The van der Waals surface area contributed by atoms with Gasteiger partial charge in [0.25, 0.3) is 0 Å². The molecule has 0 unspecified atom stereocenters. The molecule has 5 aromatic rings. The molecule has 6 nitrogen and oxygen atoms in total. The van der Waals surface area contributed by atoms with E-state index >= 15 is 0 Å². The van der Waals surface area contributed by atoms with Crippen LogP contribution in [-0.2, 0) is 0 Å². The van der Waals surface area contributed by atoms with Crippen LogP contribution in [0.4, 0.5) is 10.3 Å². The van der Waals surface area contributed by atoms with Crippen LogP contribution in [-0.4, -0.2) is 25.1 Å². The monoisotopic (exact) mass is 424 g/mol. The number of hydrogen-bond donors (Lipinski definition) is 2. The smallest absolute Gasteiger partial charge is 0.223 e. The predicted molar refractivity (Wildman–Crippen MR) is 124 cm³/mol. The molecule has 0 aliphatic heterocycles. The third kappa shape index (κ3) is 3.80. The summed E-state index contributed by atoms with van der Waals surface area (Å²) in [7, 11) is 0. The molecule has 0 spiro atoms. The molecule has 0 aliphatic rings. The Labute approximate surface area is 184 Å². The van der Waals surface area contributed by atoms with Crippen molar-refractivity contribution in [2.24, 2.45) is 0 Å². The molecule has 2 aromatic carbocycles. The van der Waals surface area contributed by atoms with Gasteiger partial charge in [0, 0.05) is 22.7 Å². The lowest BCUT2D eigenvalue weighted by atomic mass is 10.0. The van der Waals surface area contributed by atoms with Crippen LogP contribution in [0.25, 0.3) is 33.5 Å². The number of fused-ring (bicyclic) bond motifs is 1. The molecule has 2 N–H and O–H groups in total. The minimum absolute atomic E-state index is 0.0414. The van der Waals surface area contributed by atoms with Gasteiger partial charge in [-0.05, 0) is 55.8 Å². The number of aromatic amines is 1. The number of rotatable bonds is 5. The Balaban J connectivity index is 1.59. The Hall–Kier alpha value is -4.13. The van der Waals surface area contributed by atoms with Crippen LogP contribution in [0.3, 0.4) is 0 Å². The third-order valence-corrected chi connectivity index (χ3v) is 5.44. The predicted octanol–water partition coefficient (Wildman–Crippen LogP) is 5.70. The molecule has 3 aromatic heterocycles. The summed E-state index contributed by atoms with van der Waals surface area (Å²) < 4.78 is 13.5. The maximum Gasteiger partial charge on any atom is 0.223 e. The summed E-state index contributed by atoms with van der Waals surface area (Å²) >= 11 is 0. The van der Waals surface area contributed by atoms with Crippen LogP contribution in [0.5, 0.6) is 0 Å². The molecule has 5 rings (SSSR count). The molecule has 1 atom stereocenters.